The predicted molar refractivity (Wildman–Crippen MR) is 55.5 cm³/mol. The van der Waals surface area contributed by atoms with Crippen molar-refractivity contribution in [1.29, 1.82) is 0 Å². The van der Waals surface area contributed by atoms with Crippen LogP contribution in [0.2, 0.25) is 0 Å². The maximum atomic E-state index is 11.0. The molecule has 15 heavy (non-hydrogen) atoms. The van der Waals surface area contributed by atoms with E-state index in [9.17, 15) is 15.0 Å². The zero-order valence-corrected chi connectivity index (χ0v) is 8.74. The van der Waals surface area contributed by atoms with Crippen LogP contribution in [0.25, 0.3) is 0 Å². The lowest BCUT2D eigenvalue weighted by Crippen LogP contribution is -2.05. The third kappa shape index (κ3) is 2.03. The van der Waals surface area contributed by atoms with Gasteiger partial charge in [0.1, 0.15) is 5.56 Å². The van der Waals surface area contributed by atoms with Crippen molar-refractivity contribution in [1.82, 2.24) is 0 Å². The van der Waals surface area contributed by atoms with Crippen molar-refractivity contribution in [2.75, 3.05) is 0 Å². The molecule has 4 heteroatoms. The van der Waals surface area contributed by atoms with Crippen LogP contribution >= 0.6 is 0 Å². The average molecular weight is 210 g/mol. The van der Waals surface area contributed by atoms with Gasteiger partial charge in [-0.1, -0.05) is 13.3 Å². The minimum absolute atomic E-state index is 0.186. The van der Waals surface area contributed by atoms with Gasteiger partial charge in [-0.3, -0.25) is 0 Å². The lowest BCUT2D eigenvalue weighted by molar-refractivity contribution is 0.0691. The molecular formula is C11H14O4. The van der Waals surface area contributed by atoms with Gasteiger partial charge in [0.25, 0.3) is 0 Å². The van der Waals surface area contributed by atoms with Crippen molar-refractivity contribution in [2.24, 2.45) is 0 Å². The number of rotatable bonds is 3. The molecule has 1 rings (SSSR count). The van der Waals surface area contributed by atoms with Crippen LogP contribution in [0.4, 0.5) is 0 Å². The normalized spacial score (nSPS) is 10.3. The maximum absolute atomic E-state index is 11.0. The van der Waals surface area contributed by atoms with Crippen molar-refractivity contribution >= 4 is 5.97 Å². The van der Waals surface area contributed by atoms with Crippen molar-refractivity contribution in [2.45, 2.75) is 26.7 Å². The molecule has 4 nitrogen and oxygen atoms in total. The Bertz CT molecular complexity index is 396. The lowest BCUT2D eigenvalue weighted by Gasteiger charge is -2.11. The zero-order chi connectivity index (χ0) is 11.6. The molecule has 0 saturated carbocycles. The number of benzene rings is 1. The summed E-state index contributed by atoms with van der Waals surface area (Å²) in [5.74, 6) is -2.14. The third-order valence-electron chi connectivity index (χ3n) is 2.32. The molecule has 0 atom stereocenters. The van der Waals surface area contributed by atoms with Gasteiger partial charge in [0.05, 0.1) is 0 Å². The zero-order valence-electron chi connectivity index (χ0n) is 8.74. The van der Waals surface area contributed by atoms with E-state index in [1.54, 1.807) is 6.92 Å². The van der Waals surface area contributed by atoms with Gasteiger partial charge in [0, 0.05) is 0 Å². The van der Waals surface area contributed by atoms with Crippen LogP contribution in [-0.4, -0.2) is 21.3 Å². The summed E-state index contributed by atoms with van der Waals surface area (Å²) in [6.45, 7) is 3.64. The minimum atomic E-state index is -1.21. The van der Waals surface area contributed by atoms with E-state index >= 15 is 0 Å². The van der Waals surface area contributed by atoms with Gasteiger partial charge in [-0.05, 0) is 30.5 Å². The van der Waals surface area contributed by atoms with Crippen molar-refractivity contribution < 1.29 is 20.1 Å². The van der Waals surface area contributed by atoms with Crippen LogP contribution in [0.15, 0.2) is 6.07 Å². The molecule has 0 saturated heterocycles. The Morgan fingerprint density at radius 1 is 1.40 bits per heavy atom. The standard InChI is InChI=1S/C11H14O4/c1-3-4-7-6(2)5-8(12)10(13)9(7)11(14)15/h5,12-13H,3-4H2,1-2H3,(H,14,15). The Balaban J connectivity index is 3.47. The molecule has 3 N–H and O–H groups in total. The Morgan fingerprint density at radius 3 is 2.47 bits per heavy atom. The van der Waals surface area contributed by atoms with E-state index in [4.69, 9.17) is 5.11 Å². The molecule has 0 radical (unpaired) electrons. The smallest absolute Gasteiger partial charge is 0.339 e. The Labute approximate surface area is 87.8 Å². The van der Waals surface area contributed by atoms with Gasteiger partial charge in [0.2, 0.25) is 0 Å². The molecule has 0 fully saturated rings. The highest BCUT2D eigenvalue weighted by Crippen LogP contribution is 2.34. The fraction of sp³-hybridized carbons (Fsp3) is 0.364. The number of aromatic carboxylic acids is 1. The van der Waals surface area contributed by atoms with Crippen molar-refractivity contribution in [3.05, 3.63) is 22.8 Å². The summed E-state index contributed by atoms with van der Waals surface area (Å²) < 4.78 is 0. The van der Waals surface area contributed by atoms with E-state index in [0.29, 0.717) is 17.5 Å². The van der Waals surface area contributed by atoms with Crippen LogP contribution in [0.3, 0.4) is 0 Å². The molecular weight excluding hydrogens is 196 g/mol. The molecule has 0 unspecified atom stereocenters. The maximum Gasteiger partial charge on any atom is 0.339 e. The topological polar surface area (TPSA) is 77.8 Å². The van der Waals surface area contributed by atoms with Gasteiger partial charge in [-0.2, -0.15) is 0 Å². The number of carboxylic acids is 1. The summed E-state index contributed by atoms with van der Waals surface area (Å²) in [4.78, 5) is 11.0. The number of carbonyl (C=O) groups is 1. The first-order valence-corrected chi connectivity index (χ1v) is 4.76. The van der Waals surface area contributed by atoms with Gasteiger partial charge < -0.3 is 15.3 Å². The highest BCUT2D eigenvalue weighted by Gasteiger charge is 2.20. The fourth-order valence-corrected chi connectivity index (χ4v) is 1.63. The van der Waals surface area contributed by atoms with Gasteiger partial charge in [-0.15, -0.1) is 0 Å². The molecule has 0 aliphatic heterocycles. The summed E-state index contributed by atoms with van der Waals surface area (Å²) in [6, 6.07) is 1.38. The summed E-state index contributed by atoms with van der Waals surface area (Å²) in [5, 5.41) is 27.7. The summed E-state index contributed by atoms with van der Waals surface area (Å²) in [5.41, 5.74) is 1.08. The molecule has 0 spiro atoms. The number of hydrogen-bond acceptors (Lipinski definition) is 3. The molecule has 0 aliphatic rings. The number of phenolic OH excluding ortho intramolecular Hbond substituents is 1. The van der Waals surface area contributed by atoms with Crippen LogP contribution in [0.1, 0.15) is 34.8 Å². The van der Waals surface area contributed by atoms with Gasteiger partial charge in [0.15, 0.2) is 11.5 Å². The third-order valence-corrected chi connectivity index (χ3v) is 2.32. The SMILES string of the molecule is CCCc1c(C)cc(O)c(O)c1C(=O)O. The van der Waals surface area contributed by atoms with E-state index in [0.717, 1.165) is 6.42 Å². The second-order valence-corrected chi connectivity index (χ2v) is 3.47. The first kappa shape index (κ1) is 11.4. The largest absolute Gasteiger partial charge is 0.504 e. The average Bonchev–Trinajstić information content (AvgIpc) is 2.14. The van der Waals surface area contributed by atoms with Gasteiger partial charge in [-0.25, -0.2) is 4.79 Å². The Hall–Kier alpha value is -1.71. The lowest BCUT2D eigenvalue weighted by atomic mass is 9.96. The predicted octanol–water partition coefficient (Wildman–Crippen LogP) is 2.06. The highest BCUT2D eigenvalue weighted by atomic mass is 16.4. The molecule has 82 valence electrons. The summed E-state index contributed by atoms with van der Waals surface area (Å²) in [7, 11) is 0. The molecule has 0 aromatic heterocycles. The summed E-state index contributed by atoms with van der Waals surface area (Å²) >= 11 is 0. The Kier molecular flexibility index (Phi) is 3.19. The number of aromatic hydroxyl groups is 2. The first-order valence-electron chi connectivity index (χ1n) is 4.76. The van der Waals surface area contributed by atoms with E-state index in [1.807, 2.05) is 6.92 Å². The molecule has 1 aromatic rings. The van der Waals surface area contributed by atoms with Crippen molar-refractivity contribution in [3.63, 3.8) is 0 Å². The molecule has 0 amide bonds. The second-order valence-electron chi connectivity index (χ2n) is 3.47. The van der Waals surface area contributed by atoms with E-state index in [1.165, 1.54) is 6.07 Å². The van der Waals surface area contributed by atoms with E-state index in [-0.39, 0.29) is 11.3 Å². The fourth-order valence-electron chi connectivity index (χ4n) is 1.63. The number of hydrogen-bond donors (Lipinski definition) is 3. The molecule has 1 aromatic carbocycles. The van der Waals surface area contributed by atoms with Gasteiger partial charge >= 0.3 is 5.97 Å². The molecule has 0 bridgehead atoms. The van der Waals surface area contributed by atoms with Crippen LogP contribution in [-0.2, 0) is 6.42 Å². The number of carboxylic acid groups (broad SMARTS) is 1. The monoisotopic (exact) mass is 210 g/mol. The van der Waals surface area contributed by atoms with Crippen molar-refractivity contribution in [3.8, 4) is 11.5 Å². The minimum Gasteiger partial charge on any atom is -0.504 e. The Morgan fingerprint density at radius 2 is 2.00 bits per heavy atom. The first-order chi connectivity index (χ1) is 6.99. The summed E-state index contributed by atoms with van der Waals surface area (Å²) in [6.07, 6.45) is 1.35. The highest BCUT2D eigenvalue weighted by molar-refractivity contribution is 5.94. The second kappa shape index (κ2) is 4.21. The van der Waals surface area contributed by atoms with Crippen LogP contribution in [0.5, 0.6) is 11.5 Å². The number of phenols is 2. The molecule has 0 heterocycles. The quantitative estimate of drug-likeness (QED) is 0.667. The van der Waals surface area contributed by atoms with Crippen LogP contribution in [0, 0.1) is 6.92 Å². The van der Waals surface area contributed by atoms with E-state index in [2.05, 4.69) is 0 Å². The number of aryl methyl sites for hydroxylation is 1. The van der Waals surface area contributed by atoms with Crippen LogP contribution < -0.4 is 0 Å². The van der Waals surface area contributed by atoms with E-state index < -0.39 is 11.7 Å². The molecule has 0 aliphatic carbocycles.